The van der Waals surface area contributed by atoms with E-state index in [2.05, 4.69) is 20.1 Å². The van der Waals surface area contributed by atoms with Crippen LogP contribution in [0.3, 0.4) is 0 Å². The molecule has 0 radical (unpaired) electrons. The minimum atomic E-state index is 0.389. The lowest BCUT2D eigenvalue weighted by Crippen LogP contribution is -2.34. The van der Waals surface area contributed by atoms with Gasteiger partial charge in [0.05, 0.1) is 11.5 Å². The molecule has 5 heteroatoms. The highest BCUT2D eigenvalue weighted by atomic mass is 16.4. The van der Waals surface area contributed by atoms with Crippen LogP contribution in [0.25, 0.3) is 11.5 Å². The van der Waals surface area contributed by atoms with Crippen LogP contribution in [-0.4, -0.2) is 39.2 Å². The van der Waals surface area contributed by atoms with Crippen LogP contribution >= 0.6 is 0 Å². The van der Waals surface area contributed by atoms with E-state index in [-0.39, 0.29) is 0 Å². The van der Waals surface area contributed by atoms with Crippen molar-refractivity contribution in [2.24, 2.45) is 0 Å². The molecule has 2 aromatic heterocycles. The summed E-state index contributed by atoms with van der Waals surface area (Å²) in [7, 11) is 0. The lowest BCUT2D eigenvalue weighted by atomic mass is 9.94. The lowest BCUT2D eigenvalue weighted by molar-refractivity contribution is 0.187. The average Bonchev–Trinajstić information content (AvgIpc) is 3.26. The van der Waals surface area contributed by atoms with E-state index in [0.717, 1.165) is 30.5 Å². The summed E-state index contributed by atoms with van der Waals surface area (Å²) in [6.45, 7) is 2.24. The molecular formula is C17H22N4O. The fourth-order valence-electron chi connectivity index (χ4n) is 3.77. The molecule has 4 rings (SSSR count). The van der Waals surface area contributed by atoms with Crippen LogP contribution in [0.1, 0.15) is 50.3 Å². The summed E-state index contributed by atoms with van der Waals surface area (Å²) in [5.74, 6) is 1.76. The standard InChI is InChI=1S/C17H22N4O/c1-2-6-15(7-3-1)21-10-8-14(12-21)17-20-19-16(22-17)13-5-4-9-18-11-13/h4-5,9,11,14-15H,1-3,6-8,10,12H2. The topological polar surface area (TPSA) is 55.1 Å². The predicted molar refractivity (Wildman–Crippen MR) is 83.3 cm³/mol. The molecule has 5 nitrogen and oxygen atoms in total. The Bertz CT molecular complexity index is 606. The zero-order valence-electron chi connectivity index (χ0n) is 12.8. The maximum atomic E-state index is 5.90. The fourth-order valence-corrected chi connectivity index (χ4v) is 3.77. The third kappa shape index (κ3) is 2.77. The monoisotopic (exact) mass is 298 g/mol. The molecule has 2 aliphatic rings. The summed E-state index contributed by atoms with van der Waals surface area (Å²) in [5, 5.41) is 8.48. The molecule has 0 spiro atoms. The van der Waals surface area contributed by atoms with Crippen LogP contribution in [0.2, 0.25) is 0 Å². The Balaban J connectivity index is 1.44. The second-order valence-electron chi connectivity index (χ2n) is 6.46. The minimum absolute atomic E-state index is 0.389. The largest absolute Gasteiger partial charge is 0.420 e. The Labute approximate surface area is 130 Å². The van der Waals surface area contributed by atoms with Crippen molar-refractivity contribution in [2.45, 2.75) is 50.5 Å². The van der Waals surface area contributed by atoms with E-state index in [4.69, 9.17) is 4.42 Å². The fraction of sp³-hybridized carbons (Fsp3) is 0.588. The molecule has 3 heterocycles. The van der Waals surface area contributed by atoms with E-state index in [0.29, 0.717) is 11.8 Å². The van der Waals surface area contributed by atoms with Crippen molar-refractivity contribution in [3.05, 3.63) is 30.4 Å². The zero-order valence-corrected chi connectivity index (χ0v) is 12.8. The first-order valence-electron chi connectivity index (χ1n) is 8.38. The average molecular weight is 298 g/mol. The Morgan fingerprint density at radius 2 is 2.00 bits per heavy atom. The second-order valence-corrected chi connectivity index (χ2v) is 6.46. The van der Waals surface area contributed by atoms with Crippen LogP contribution < -0.4 is 0 Å². The number of rotatable bonds is 3. The van der Waals surface area contributed by atoms with E-state index < -0.39 is 0 Å². The van der Waals surface area contributed by atoms with Gasteiger partial charge in [-0.2, -0.15) is 0 Å². The highest BCUT2D eigenvalue weighted by molar-refractivity contribution is 5.50. The van der Waals surface area contributed by atoms with E-state index in [1.54, 1.807) is 12.4 Å². The molecule has 116 valence electrons. The number of hydrogen-bond donors (Lipinski definition) is 0. The number of hydrogen-bond acceptors (Lipinski definition) is 5. The van der Waals surface area contributed by atoms with Gasteiger partial charge < -0.3 is 4.42 Å². The van der Waals surface area contributed by atoms with Crippen molar-refractivity contribution in [1.29, 1.82) is 0 Å². The summed E-state index contributed by atoms with van der Waals surface area (Å²) < 4.78 is 5.90. The Kier molecular flexibility index (Phi) is 3.89. The van der Waals surface area contributed by atoms with Gasteiger partial charge in [-0.05, 0) is 37.9 Å². The molecule has 2 aromatic rings. The van der Waals surface area contributed by atoms with Crippen molar-refractivity contribution in [3.8, 4) is 11.5 Å². The number of likely N-dealkylation sites (tertiary alicyclic amines) is 1. The van der Waals surface area contributed by atoms with Gasteiger partial charge in [0.2, 0.25) is 11.8 Å². The van der Waals surface area contributed by atoms with Crippen molar-refractivity contribution in [3.63, 3.8) is 0 Å². The first kappa shape index (κ1) is 13.9. The molecule has 0 amide bonds. The molecule has 2 fully saturated rings. The molecule has 1 unspecified atom stereocenters. The molecule has 0 bridgehead atoms. The number of pyridine rings is 1. The van der Waals surface area contributed by atoms with Crippen LogP contribution in [0.15, 0.2) is 28.9 Å². The summed E-state index contributed by atoms with van der Waals surface area (Å²) in [6.07, 6.45) is 11.5. The van der Waals surface area contributed by atoms with Gasteiger partial charge in [-0.1, -0.05) is 19.3 Å². The van der Waals surface area contributed by atoms with E-state index in [1.165, 1.54) is 38.6 Å². The Hall–Kier alpha value is -1.75. The highest BCUT2D eigenvalue weighted by Crippen LogP contribution is 2.32. The molecule has 1 atom stereocenters. The molecule has 1 saturated heterocycles. The predicted octanol–water partition coefficient (Wildman–Crippen LogP) is 3.25. The first-order valence-corrected chi connectivity index (χ1v) is 8.38. The zero-order chi connectivity index (χ0) is 14.8. The van der Waals surface area contributed by atoms with E-state index in [1.807, 2.05) is 12.1 Å². The molecule has 22 heavy (non-hydrogen) atoms. The normalized spacial score (nSPS) is 23.9. The smallest absolute Gasteiger partial charge is 0.249 e. The summed E-state index contributed by atoms with van der Waals surface area (Å²) in [4.78, 5) is 6.74. The molecule has 1 aliphatic heterocycles. The third-order valence-corrected chi connectivity index (χ3v) is 5.01. The van der Waals surface area contributed by atoms with Gasteiger partial charge in [0.25, 0.3) is 0 Å². The van der Waals surface area contributed by atoms with Gasteiger partial charge in [0, 0.05) is 25.0 Å². The van der Waals surface area contributed by atoms with Gasteiger partial charge in [0.1, 0.15) is 0 Å². The van der Waals surface area contributed by atoms with Gasteiger partial charge in [-0.25, -0.2) is 0 Å². The minimum Gasteiger partial charge on any atom is -0.420 e. The van der Waals surface area contributed by atoms with Gasteiger partial charge in [0.15, 0.2) is 0 Å². The lowest BCUT2D eigenvalue weighted by Gasteiger charge is -2.30. The van der Waals surface area contributed by atoms with Crippen molar-refractivity contribution in [2.75, 3.05) is 13.1 Å². The first-order chi connectivity index (χ1) is 10.9. The number of aromatic nitrogens is 3. The summed E-state index contributed by atoms with van der Waals surface area (Å²) in [5.41, 5.74) is 0.892. The van der Waals surface area contributed by atoms with Crippen LogP contribution in [0.4, 0.5) is 0 Å². The van der Waals surface area contributed by atoms with E-state index >= 15 is 0 Å². The Morgan fingerprint density at radius 3 is 2.82 bits per heavy atom. The van der Waals surface area contributed by atoms with Gasteiger partial charge in [-0.3, -0.25) is 9.88 Å². The van der Waals surface area contributed by atoms with Crippen LogP contribution in [0.5, 0.6) is 0 Å². The van der Waals surface area contributed by atoms with Gasteiger partial charge in [-0.15, -0.1) is 10.2 Å². The van der Waals surface area contributed by atoms with Crippen LogP contribution in [0, 0.1) is 0 Å². The molecule has 0 aromatic carbocycles. The maximum Gasteiger partial charge on any atom is 0.249 e. The molecule has 1 saturated carbocycles. The quantitative estimate of drug-likeness (QED) is 0.870. The van der Waals surface area contributed by atoms with Crippen LogP contribution in [-0.2, 0) is 0 Å². The molecule has 0 N–H and O–H groups in total. The third-order valence-electron chi connectivity index (χ3n) is 5.01. The second kappa shape index (κ2) is 6.16. The highest BCUT2D eigenvalue weighted by Gasteiger charge is 2.32. The summed E-state index contributed by atoms with van der Waals surface area (Å²) in [6, 6.07) is 4.62. The molecule has 1 aliphatic carbocycles. The number of nitrogens with zero attached hydrogens (tertiary/aromatic N) is 4. The Morgan fingerprint density at radius 1 is 1.09 bits per heavy atom. The van der Waals surface area contributed by atoms with Crippen molar-refractivity contribution in [1.82, 2.24) is 20.1 Å². The van der Waals surface area contributed by atoms with E-state index in [9.17, 15) is 0 Å². The van der Waals surface area contributed by atoms with Gasteiger partial charge >= 0.3 is 0 Å². The summed E-state index contributed by atoms with van der Waals surface area (Å²) >= 11 is 0. The maximum absolute atomic E-state index is 5.90. The van der Waals surface area contributed by atoms with Crippen molar-refractivity contribution >= 4 is 0 Å². The SMILES string of the molecule is c1cncc(-c2nnc(C3CCN(C4CCCCC4)C3)o2)c1. The molecular weight excluding hydrogens is 276 g/mol. The van der Waals surface area contributed by atoms with Crippen molar-refractivity contribution < 1.29 is 4.42 Å².